The van der Waals surface area contributed by atoms with E-state index in [0.717, 1.165) is 29.6 Å². The van der Waals surface area contributed by atoms with Crippen molar-refractivity contribution in [3.8, 4) is 11.1 Å². The fourth-order valence-corrected chi connectivity index (χ4v) is 2.91. The van der Waals surface area contributed by atoms with Gasteiger partial charge < -0.3 is 5.73 Å². The Labute approximate surface area is 115 Å². The van der Waals surface area contributed by atoms with E-state index in [4.69, 9.17) is 10.8 Å². The van der Waals surface area contributed by atoms with Crippen LogP contribution in [0.4, 0.5) is 0 Å². The second kappa shape index (κ2) is 4.86. The number of fused-ring (bicyclic) bond motifs is 1. The lowest BCUT2D eigenvalue weighted by atomic mass is 10.0. The summed E-state index contributed by atoms with van der Waals surface area (Å²) in [4.78, 5) is 0. The molecule has 0 unspecified atom stereocenters. The van der Waals surface area contributed by atoms with Gasteiger partial charge in [-0.3, -0.25) is 4.68 Å². The fraction of sp³-hybridized carbons (Fsp3) is 0.357. The molecule has 0 bridgehead atoms. The lowest BCUT2D eigenvalue weighted by Gasteiger charge is -2.04. The normalized spacial score (nSPS) is 13.9. The van der Waals surface area contributed by atoms with Crippen LogP contribution in [0.25, 0.3) is 11.1 Å². The van der Waals surface area contributed by atoms with Crippen LogP contribution in [0.2, 0.25) is 0 Å². The van der Waals surface area contributed by atoms with Gasteiger partial charge in [0.1, 0.15) is 0 Å². The van der Waals surface area contributed by atoms with Crippen LogP contribution >= 0.6 is 15.9 Å². The van der Waals surface area contributed by atoms with Crippen LogP contribution in [-0.2, 0) is 19.4 Å². The number of hydrogen-bond donors (Lipinski definition) is 1. The third-order valence-corrected chi connectivity index (χ3v) is 3.96. The summed E-state index contributed by atoms with van der Waals surface area (Å²) in [6, 6.07) is 8.47. The first-order chi connectivity index (χ1) is 8.79. The second-order valence-electron chi connectivity index (χ2n) is 4.64. The molecule has 1 aliphatic rings. The van der Waals surface area contributed by atoms with E-state index in [1.54, 1.807) is 0 Å². The highest BCUT2D eigenvalue weighted by molar-refractivity contribution is 9.10. The van der Waals surface area contributed by atoms with E-state index in [2.05, 4.69) is 44.9 Å². The van der Waals surface area contributed by atoms with E-state index in [1.165, 1.54) is 23.2 Å². The monoisotopic (exact) mass is 305 g/mol. The third-order valence-electron chi connectivity index (χ3n) is 3.43. The van der Waals surface area contributed by atoms with Crippen LogP contribution in [0.3, 0.4) is 0 Å². The molecule has 0 amide bonds. The van der Waals surface area contributed by atoms with Gasteiger partial charge in [-0.1, -0.05) is 28.1 Å². The van der Waals surface area contributed by atoms with Crippen LogP contribution in [0.5, 0.6) is 0 Å². The van der Waals surface area contributed by atoms with Crippen LogP contribution < -0.4 is 5.73 Å². The Morgan fingerprint density at radius 2 is 2.06 bits per heavy atom. The van der Waals surface area contributed by atoms with Crippen molar-refractivity contribution in [3.63, 3.8) is 0 Å². The molecule has 3 rings (SSSR count). The molecule has 94 valence electrons. The molecule has 0 saturated heterocycles. The van der Waals surface area contributed by atoms with Crippen molar-refractivity contribution in [1.82, 2.24) is 9.78 Å². The van der Waals surface area contributed by atoms with Gasteiger partial charge in [-0.2, -0.15) is 5.10 Å². The molecule has 0 spiro atoms. The van der Waals surface area contributed by atoms with Crippen molar-refractivity contribution >= 4 is 15.9 Å². The van der Waals surface area contributed by atoms with Crippen molar-refractivity contribution in [2.75, 3.05) is 6.54 Å². The van der Waals surface area contributed by atoms with Gasteiger partial charge in [-0.15, -0.1) is 0 Å². The molecule has 0 aliphatic carbocycles. The van der Waals surface area contributed by atoms with Crippen LogP contribution in [0.15, 0.2) is 28.7 Å². The number of hydrogen-bond acceptors (Lipinski definition) is 2. The van der Waals surface area contributed by atoms with Gasteiger partial charge in [0.25, 0.3) is 0 Å². The third kappa shape index (κ3) is 1.99. The van der Waals surface area contributed by atoms with E-state index in [0.29, 0.717) is 6.54 Å². The summed E-state index contributed by atoms with van der Waals surface area (Å²) < 4.78 is 3.26. The van der Waals surface area contributed by atoms with Gasteiger partial charge >= 0.3 is 0 Å². The summed E-state index contributed by atoms with van der Waals surface area (Å²) in [5.41, 5.74) is 10.8. The number of aromatic nitrogens is 2. The number of halogens is 1. The predicted octanol–water partition coefficient (Wildman–Crippen LogP) is 2.76. The maximum Gasteiger partial charge on any atom is 0.0718 e. The average molecular weight is 306 g/mol. The summed E-state index contributed by atoms with van der Waals surface area (Å²) in [7, 11) is 0. The Morgan fingerprint density at radius 3 is 2.78 bits per heavy atom. The number of benzene rings is 1. The zero-order valence-corrected chi connectivity index (χ0v) is 11.8. The van der Waals surface area contributed by atoms with E-state index < -0.39 is 0 Å². The number of aryl methyl sites for hydroxylation is 1. The zero-order chi connectivity index (χ0) is 12.5. The summed E-state index contributed by atoms with van der Waals surface area (Å²) in [6.07, 6.45) is 3.18. The second-order valence-corrected chi connectivity index (χ2v) is 5.56. The highest BCUT2D eigenvalue weighted by atomic mass is 79.9. The Bertz CT molecular complexity index is 557. The van der Waals surface area contributed by atoms with Crippen LogP contribution in [0.1, 0.15) is 17.8 Å². The SMILES string of the molecule is NCCc1nn2c(c1-c1ccc(Br)cc1)CCC2. The quantitative estimate of drug-likeness (QED) is 0.947. The van der Waals surface area contributed by atoms with Gasteiger partial charge in [-0.05, 0) is 37.1 Å². The molecule has 0 saturated carbocycles. The molecule has 0 fully saturated rings. The lowest BCUT2D eigenvalue weighted by Crippen LogP contribution is -2.05. The number of rotatable bonds is 3. The highest BCUT2D eigenvalue weighted by Gasteiger charge is 2.22. The van der Waals surface area contributed by atoms with Gasteiger partial charge in [-0.25, -0.2) is 0 Å². The summed E-state index contributed by atoms with van der Waals surface area (Å²) in [5.74, 6) is 0. The summed E-state index contributed by atoms with van der Waals surface area (Å²) in [5, 5.41) is 4.70. The molecule has 3 nitrogen and oxygen atoms in total. The first kappa shape index (κ1) is 11.9. The molecule has 4 heteroatoms. The van der Waals surface area contributed by atoms with Crippen LogP contribution in [0, 0.1) is 0 Å². The van der Waals surface area contributed by atoms with E-state index in [-0.39, 0.29) is 0 Å². The van der Waals surface area contributed by atoms with Crippen molar-refractivity contribution < 1.29 is 0 Å². The van der Waals surface area contributed by atoms with Gasteiger partial charge in [0, 0.05) is 28.7 Å². The largest absolute Gasteiger partial charge is 0.330 e. The minimum Gasteiger partial charge on any atom is -0.330 e. The Kier molecular flexibility index (Phi) is 3.22. The average Bonchev–Trinajstić information content (AvgIpc) is 2.91. The molecular formula is C14H16BrN3. The maximum absolute atomic E-state index is 5.69. The van der Waals surface area contributed by atoms with Crippen molar-refractivity contribution in [1.29, 1.82) is 0 Å². The number of nitrogens with zero attached hydrogens (tertiary/aromatic N) is 2. The van der Waals surface area contributed by atoms with E-state index >= 15 is 0 Å². The molecule has 2 heterocycles. The summed E-state index contributed by atoms with van der Waals surface area (Å²) in [6.45, 7) is 1.70. The first-order valence-electron chi connectivity index (χ1n) is 6.34. The zero-order valence-electron chi connectivity index (χ0n) is 10.2. The molecule has 1 aromatic heterocycles. The lowest BCUT2D eigenvalue weighted by molar-refractivity contribution is 0.643. The van der Waals surface area contributed by atoms with Gasteiger partial charge in [0.05, 0.1) is 5.69 Å². The predicted molar refractivity (Wildman–Crippen MR) is 76.4 cm³/mol. The molecule has 0 radical (unpaired) electrons. The van der Waals surface area contributed by atoms with E-state index in [1.807, 2.05) is 0 Å². The van der Waals surface area contributed by atoms with Crippen LogP contribution in [-0.4, -0.2) is 16.3 Å². The first-order valence-corrected chi connectivity index (χ1v) is 7.13. The molecule has 0 atom stereocenters. The summed E-state index contributed by atoms with van der Waals surface area (Å²) >= 11 is 3.48. The number of nitrogens with two attached hydrogens (primary N) is 1. The van der Waals surface area contributed by atoms with Gasteiger partial charge in [0.15, 0.2) is 0 Å². The molecule has 18 heavy (non-hydrogen) atoms. The maximum atomic E-state index is 5.69. The Morgan fingerprint density at radius 1 is 1.28 bits per heavy atom. The van der Waals surface area contributed by atoms with Gasteiger partial charge in [0.2, 0.25) is 0 Å². The minimum atomic E-state index is 0.653. The smallest absolute Gasteiger partial charge is 0.0718 e. The van der Waals surface area contributed by atoms with Crippen molar-refractivity contribution in [3.05, 3.63) is 40.1 Å². The fourth-order valence-electron chi connectivity index (χ4n) is 2.65. The van der Waals surface area contributed by atoms with Crippen molar-refractivity contribution in [2.45, 2.75) is 25.8 Å². The molecule has 2 aromatic rings. The molecule has 1 aliphatic heterocycles. The topological polar surface area (TPSA) is 43.8 Å². The molecular weight excluding hydrogens is 290 g/mol. The Balaban J connectivity index is 2.11. The van der Waals surface area contributed by atoms with E-state index in [9.17, 15) is 0 Å². The standard InChI is InChI=1S/C14H16BrN3/c15-11-5-3-10(4-6-11)14-12(7-8-16)17-18-9-1-2-13(14)18/h3-6H,1-2,7-9,16H2. The molecule has 1 aromatic carbocycles. The van der Waals surface area contributed by atoms with Crippen molar-refractivity contribution in [2.24, 2.45) is 5.73 Å². The minimum absolute atomic E-state index is 0.653. The Hall–Kier alpha value is -1.13. The highest BCUT2D eigenvalue weighted by Crippen LogP contribution is 2.32. The molecule has 2 N–H and O–H groups in total.